The molecule has 0 atom stereocenters. The van der Waals surface area contributed by atoms with Crippen LogP contribution in [-0.2, 0) is 11.2 Å². The van der Waals surface area contributed by atoms with E-state index in [1.807, 2.05) is 27.7 Å². The topological polar surface area (TPSA) is 68.5 Å². The third kappa shape index (κ3) is 5.22. The van der Waals surface area contributed by atoms with E-state index in [1.54, 1.807) is 25.1 Å². The monoisotopic (exact) mass is 401 g/mol. The second-order valence-corrected chi connectivity index (χ2v) is 5.67. The number of benzene rings is 2. The van der Waals surface area contributed by atoms with Crippen LogP contribution in [0.5, 0.6) is 5.75 Å². The van der Waals surface area contributed by atoms with Crippen LogP contribution in [0.4, 0.5) is 4.39 Å². The van der Waals surface area contributed by atoms with Crippen molar-refractivity contribution in [1.82, 2.24) is 4.57 Å². The van der Waals surface area contributed by atoms with Gasteiger partial charge in [-0.15, -0.1) is 0 Å². The molecule has 156 valence electrons. The number of halogens is 1. The molecule has 3 rings (SSSR count). The molecule has 0 saturated heterocycles. The number of methoxy groups -OCH3 is 1. The number of aromatic nitrogens is 1. The number of carbonyl (C=O) groups is 2. The van der Waals surface area contributed by atoms with E-state index in [9.17, 15) is 19.1 Å². The highest BCUT2D eigenvalue weighted by Gasteiger charge is 2.21. The molecule has 0 spiro atoms. The molecular weight excluding hydrogens is 373 g/mol. The number of nitrogens with zero attached hydrogens (tertiary/aromatic N) is 1. The molecule has 1 heterocycles. The first-order valence-electron chi connectivity index (χ1n) is 9.62. The van der Waals surface area contributed by atoms with E-state index in [1.165, 1.54) is 35.9 Å². The zero-order chi connectivity index (χ0) is 22.1. The van der Waals surface area contributed by atoms with Crippen molar-refractivity contribution in [1.29, 1.82) is 0 Å². The Morgan fingerprint density at radius 3 is 2.14 bits per heavy atom. The van der Waals surface area contributed by atoms with Crippen LogP contribution >= 0.6 is 0 Å². The highest BCUT2D eigenvalue weighted by molar-refractivity contribution is 6.04. The Balaban J connectivity index is 0.000000989. The van der Waals surface area contributed by atoms with Gasteiger partial charge in [-0.3, -0.25) is 14.2 Å². The van der Waals surface area contributed by atoms with Crippen molar-refractivity contribution in [3.63, 3.8) is 0 Å². The number of carbonyl (C=O) groups excluding carboxylic acids is 1. The second-order valence-electron chi connectivity index (χ2n) is 5.67. The maximum absolute atomic E-state index is 13.1. The van der Waals surface area contributed by atoms with Gasteiger partial charge in [0.25, 0.3) is 5.91 Å². The van der Waals surface area contributed by atoms with Crippen LogP contribution in [0.25, 0.3) is 10.9 Å². The zero-order valence-electron chi connectivity index (χ0n) is 17.7. The van der Waals surface area contributed by atoms with Crippen molar-refractivity contribution in [2.24, 2.45) is 0 Å². The summed E-state index contributed by atoms with van der Waals surface area (Å²) in [6.07, 6.45) is -0.209. The van der Waals surface area contributed by atoms with Crippen LogP contribution in [0.1, 0.15) is 49.3 Å². The van der Waals surface area contributed by atoms with Gasteiger partial charge in [-0.1, -0.05) is 27.7 Å². The summed E-state index contributed by atoms with van der Waals surface area (Å²) in [7, 11) is 1.52. The summed E-state index contributed by atoms with van der Waals surface area (Å²) in [5, 5.41) is 9.85. The van der Waals surface area contributed by atoms with Crippen LogP contribution in [0.15, 0.2) is 42.5 Å². The van der Waals surface area contributed by atoms with Gasteiger partial charge in [-0.25, -0.2) is 4.39 Å². The summed E-state index contributed by atoms with van der Waals surface area (Å²) in [6.45, 7) is 9.70. The first kappa shape index (κ1) is 23.9. The molecule has 0 fully saturated rings. The van der Waals surface area contributed by atoms with Crippen molar-refractivity contribution in [3.8, 4) is 5.75 Å². The fourth-order valence-electron chi connectivity index (χ4n) is 2.95. The quantitative estimate of drug-likeness (QED) is 0.630. The number of aliphatic carboxylic acids is 1. The largest absolute Gasteiger partial charge is 0.497 e. The van der Waals surface area contributed by atoms with Gasteiger partial charge in [-0.2, -0.15) is 0 Å². The second kappa shape index (κ2) is 11.0. The standard InChI is InChI=1S/C19H16FNO4.2C2H6/c1-11-15(10-18(22)23)16-9-14(25-2)7-8-17(16)21(11)19(24)12-3-5-13(20)6-4-12;2*1-2/h3-9H,10H2,1-2H3,(H,22,23);2*1-2H3. The number of fused-ring (bicyclic) bond motifs is 1. The molecule has 3 aromatic rings. The lowest BCUT2D eigenvalue weighted by Gasteiger charge is -2.08. The summed E-state index contributed by atoms with van der Waals surface area (Å²) < 4.78 is 19.8. The molecule has 0 unspecified atom stereocenters. The Labute approximate surface area is 170 Å². The number of rotatable bonds is 4. The van der Waals surface area contributed by atoms with E-state index in [0.29, 0.717) is 33.5 Å². The Kier molecular flexibility index (Phi) is 9.06. The van der Waals surface area contributed by atoms with Gasteiger partial charge >= 0.3 is 5.97 Å². The Bertz CT molecular complexity index is 975. The smallest absolute Gasteiger partial charge is 0.307 e. The van der Waals surface area contributed by atoms with Crippen LogP contribution in [0, 0.1) is 12.7 Å². The number of hydrogen-bond acceptors (Lipinski definition) is 3. The normalized spacial score (nSPS) is 9.76. The Morgan fingerprint density at radius 2 is 1.62 bits per heavy atom. The predicted octanol–water partition coefficient (Wildman–Crippen LogP) is 5.47. The average Bonchev–Trinajstić information content (AvgIpc) is 3.01. The summed E-state index contributed by atoms with van der Waals surface area (Å²) in [4.78, 5) is 24.1. The molecule has 1 aromatic heterocycles. The molecule has 0 aliphatic rings. The van der Waals surface area contributed by atoms with E-state index in [0.717, 1.165) is 0 Å². The summed E-state index contributed by atoms with van der Waals surface area (Å²) in [5.74, 6) is -1.18. The molecular formula is C23H28FNO4. The molecule has 0 saturated carbocycles. The molecule has 5 nitrogen and oxygen atoms in total. The lowest BCUT2D eigenvalue weighted by molar-refractivity contribution is -0.136. The van der Waals surface area contributed by atoms with Crippen LogP contribution in [0.3, 0.4) is 0 Å². The molecule has 0 bridgehead atoms. The van der Waals surface area contributed by atoms with Gasteiger partial charge < -0.3 is 9.84 Å². The van der Waals surface area contributed by atoms with E-state index in [4.69, 9.17) is 4.74 Å². The van der Waals surface area contributed by atoms with Crippen molar-refractivity contribution in [2.75, 3.05) is 7.11 Å². The van der Waals surface area contributed by atoms with Crippen molar-refractivity contribution in [3.05, 3.63) is 65.1 Å². The molecule has 0 radical (unpaired) electrons. The van der Waals surface area contributed by atoms with Crippen LogP contribution in [-0.4, -0.2) is 28.7 Å². The molecule has 6 heteroatoms. The highest BCUT2D eigenvalue weighted by atomic mass is 19.1. The molecule has 0 amide bonds. The Morgan fingerprint density at radius 1 is 1.03 bits per heavy atom. The Hall–Kier alpha value is -3.15. The summed E-state index contributed by atoms with van der Waals surface area (Å²) >= 11 is 0. The molecule has 2 aromatic carbocycles. The molecule has 1 N–H and O–H groups in total. The van der Waals surface area contributed by atoms with E-state index >= 15 is 0 Å². The minimum absolute atomic E-state index is 0.209. The average molecular weight is 401 g/mol. The maximum Gasteiger partial charge on any atom is 0.307 e. The van der Waals surface area contributed by atoms with Gasteiger partial charge in [0.1, 0.15) is 11.6 Å². The van der Waals surface area contributed by atoms with Crippen LogP contribution < -0.4 is 4.74 Å². The van der Waals surface area contributed by atoms with Gasteiger partial charge in [0.2, 0.25) is 0 Å². The first-order valence-corrected chi connectivity index (χ1v) is 9.62. The SMILES string of the molecule is CC.CC.COc1ccc2c(c1)c(CC(=O)O)c(C)n2C(=O)c1ccc(F)cc1. The van der Waals surface area contributed by atoms with E-state index < -0.39 is 11.8 Å². The third-order valence-electron chi connectivity index (χ3n) is 4.16. The fourth-order valence-corrected chi connectivity index (χ4v) is 2.95. The third-order valence-corrected chi connectivity index (χ3v) is 4.16. The lowest BCUT2D eigenvalue weighted by Crippen LogP contribution is -2.14. The number of carboxylic acid groups (broad SMARTS) is 1. The van der Waals surface area contributed by atoms with Crippen molar-refractivity contribution < 1.29 is 23.8 Å². The van der Waals surface area contributed by atoms with Crippen molar-refractivity contribution in [2.45, 2.75) is 41.0 Å². The lowest BCUT2D eigenvalue weighted by atomic mass is 10.1. The van der Waals surface area contributed by atoms with Gasteiger partial charge in [0.05, 0.1) is 19.0 Å². The fraction of sp³-hybridized carbons (Fsp3) is 0.304. The number of ether oxygens (including phenoxy) is 1. The number of hydrogen-bond donors (Lipinski definition) is 1. The van der Waals surface area contributed by atoms with E-state index in [-0.39, 0.29) is 12.3 Å². The zero-order valence-corrected chi connectivity index (χ0v) is 17.7. The minimum atomic E-state index is -0.987. The molecule has 0 aliphatic carbocycles. The predicted molar refractivity (Wildman–Crippen MR) is 113 cm³/mol. The van der Waals surface area contributed by atoms with Gasteiger partial charge in [-0.05, 0) is 55.0 Å². The molecule has 0 aliphatic heterocycles. The van der Waals surface area contributed by atoms with Gasteiger partial charge in [0, 0.05) is 16.6 Å². The van der Waals surface area contributed by atoms with Gasteiger partial charge in [0.15, 0.2) is 0 Å². The summed E-state index contributed by atoms with van der Waals surface area (Å²) in [6, 6.07) is 10.4. The highest BCUT2D eigenvalue weighted by Crippen LogP contribution is 2.30. The van der Waals surface area contributed by atoms with Crippen LogP contribution in [0.2, 0.25) is 0 Å². The van der Waals surface area contributed by atoms with E-state index in [2.05, 4.69) is 0 Å². The molecule has 29 heavy (non-hydrogen) atoms. The first-order chi connectivity index (χ1) is 13.9. The summed E-state index contributed by atoms with van der Waals surface area (Å²) in [5.41, 5.74) is 2.00. The number of carboxylic acids is 1. The minimum Gasteiger partial charge on any atom is -0.497 e. The van der Waals surface area contributed by atoms with Crippen molar-refractivity contribution >= 4 is 22.8 Å². The maximum atomic E-state index is 13.1.